The Morgan fingerprint density at radius 2 is 2.10 bits per heavy atom. The molecule has 3 N–H and O–H groups in total. The lowest BCUT2D eigenvalue weighted by atomic mass is 10.1. The third-order valence-electron chi connectivity index (χ3n) is 2.96. The van der Waals surface area contributed by atoms with E-state index in [1.54, 1.807) is 19.9 Å². The Labute approximate surface area is 116 Å². The molecule has 0 aliphatic heterocycles. The number of aromatic nitrogens is 4. The topological polar surface area (TPSA) is 121 Å². The third-order valence-corrected chi connectivity index (χ3v) is 4.49. The van der Waals surface area contributed by atoms with Crippen molar-refractivity contribution in [2.45, 2.75) is 31.9 Å². The van der Waals surface area contributed by atoms with Crippen molar-refractivity contribution in [3.05, 3.63) is 34.6 Å². The molecule has 0 unspecified atom stereocenters. The molecule has 0 bridgehead atoms. The molecule has 1 aromatic carbocycles. The molecule has 1 aromatic heterocycles. The number of aliphatic hydroxyl groups is 1. The number of hydrogen-bond donors (Lipinski definition) is 3. The molecule has 2 rings (SSSR count). The normalized spacial score (nSPS) is 11.8. The maximum absolute atomic E-state index is 12.3. The molecular weight excluding hydrogens is 282 g/mol. The minimum atomic E-state index is -3.70. The Hall–Kier alpha value is -1.84. The van der Waals surface area contributed by atoms with Gasteiger partial charge in [0.15, 0.2) is 5.82 Å². The zero-order chi connectivity index (χ0) is 14.8. The molecule has 20 heavy (non-hydrogen) atoms. The lowest BCUT2D eigenvalue weighted by Crippen LogP contribution is -2.25. The van der Waals surface area contributed by atoms with Gasteiger partial charge in [-0.1, -0.05) is 11.3 Å². The fourth-order valence-electron chi connectivity index (χ4n) is 1.76. The van der Waals surface area contributed by atoms with E-state index < -0.39 is 10.0 Å². The fraction of sp³-hybridized carbons (Fsp3) is 0.364. The number of nitrogens with one attached hydrogen (secondary N) is 2. The minimum Gasteiger partial charge on any atom is -0.392 e. The van der Waals surface area contributed by atoms with Gasteiger partial charge in [-0.15, -0.1) is 10.2 Å². The summed E-state index contributed by atoms with van der Waals surface area (Å²) in [6.45, 7) is 3.25. The summed E-state index contributed by atoms with van der Waals surface area (Å²) in [5.41, 5.74) is 1.99. The number of H-pyrrole nitrogens is 1. The predicted molar refractivity (Wildman–Crippen MR) is 70.0 cm³/mol. The van der Waals surface area contributed by atoms with E-state index in [1.165, 1.54) is 6.07 Å². The summed E-state index contributed by atoms with van der Waals surface area (Å²) in [7, 11) is -3.70. The maximum atomic E-state index is 12.3. The van der Waals surface area contributed by atoms with Crippen LogP contribution in [0.25, 0.3) is 0 Å². The molecule has 0 aliphatic carbocycles. The molecule has 0 radical (unpaired) electrons. The van der Waals surface area contributed by atoms with Gasteiger partial charge >= 0.3 is 0 Å². The molecule has 108 valence electrons. The van der Waals surface area contributed by atoms with E-state index in [4.69, 9.17) is 0 Å². The van der Waals surface area contributed by atoms with Crippen LogP contribution in [0.15, 0.2) is 17.0 Å². The van der Waals surface area contributed by atoms with Gasteiger partial charge in [0.2, 0.25) is 10.0 Å². The van der Waals surface area contributed by atoms with Crippen molar-refractivity contribution in [1.82, 2.24) is 25.3 Å². The lowest BCUT2D eigenvalue weighted by Gasteiger charge is -2.12. The lowest BCUT2D eigenvalue weighted by molar-refractivity contribution is 0.281. The van der Waals surface area contributed by atoms with Crippen molar-refractivity contribution in [2.75, 3.05) is 0 Å². The highest BCUT2D eigenvalue weighted by atomic mass is 32.2. The summed E-state index contributed by atoms with van der Waals surface area (Å²) in [5.74, 6) is 0.251. The van der Waals surface area contributed by atoms with E-state index in [1.807, 2.05) is 0 Å². The Kier molecular flexibility index (Phi) is 4.12. The van der Waals surface area contributed by atoms with Crippen LogP contribution in [0.1, 0.15) is 22.5 Å². The quantitative estimate of drug-likeness (QED) is 0.702. The second-order valence-corrected chi connectivity index (χ2v) is 6.08. The average Bonchev–Trinajstić information content (AvgIpc) is 2.92. The van der Waals surface area contributed by atoms with Crippen molar-refractivity contribution >= 4 is 10.0 Å². The third kappa shape index (κ3) is 3.00. The van der Waals surface area contributed by atoms with Gasteiger partial charge in [-0.2, -0.15) is 5.21 Å². The number of aromatic amines is 1. The number of sulfonamides is 1. The Balaban J connectivity index is 2.31. The first-order chi connectivity index (χ1) is 9.44. The fourth-order valence-corrected chi connectivity index (χ4v) is 3.11. The number of rotatable bonds is 5. The first-order valence-corrected chi connectivity index (χ1v) is 7.35. The van der Waals surface area contributed by atoms with Crippen molar-refractivity contribution in [3.8, 4) is 0 Å². The van der Waals surface area contributed by atoms with Crippen molar-refractivity contribution in [3.63, 3.8) is 0 Å². The van der Waals surface area contributed by atoms with E-state index in [9.17, 15) is 13.5 Å². The van der Waals surface area contributed by atoms with Gasteiger partial charge in [-0.3, -0.25) is 0 Å². The molecule has 0 saturated carbocycles. The number of hydrogen-bond acceptors (Lipinski definition) is 6. The predicted octanol–water partition coefficient (Wildman–Crippen LogP) is -0.213. The molecule has 9 heteroatoms. The summed E-state index contributed by atoms with van der Waals surface area (Å²) in [6.07, 6.45) is 0. The summed E-state index contributed by atoms with van der Waals surface area (Å²) in [6, 6.07) is 3.22. The Bertz CT molecular complexity index is 697. The molecule has 0 fully saturated rings. The number of aryl methyl sites for hydroxylation is 1. The monoisotopic (exact) mass is 297 g/mol. The highest BCUT2D eigenvalue weighted by molar-refractivity contribution is 7.89. The summed E-state index contributed by atoms with van der Waals surface area (Å²) in [4.78, 5) is 0.144. The van der Waals surface area contributed by atoms with Crippen LogP contribution in [0.5, 0.6) is 0 Å². The van der Waals surface area contributed by atoms with Gasteiger partial charge in [0.1, 0.15) is 0 Å². The highest BCUT2D eigenvalue weighted by Gasteiger charge is 2.19. The largest absolute Gasteiger partial charge is 0.392 e. The van der Waals surface area contributed by atoms with Crippen LogP contribution in [0, 0.1) is 13.8 Å². The highest BCUT2D eigenvalue weighted by Crippen LogP contribution is 2.21. The van der Waals surface area contributed by atoms with Crippen LogP contribution in [0.4, 0.5) is 0 Å². The zero-order valence-corrected chi connectivity index (χ0v) is 11.9. The van der Waals surface area contributed by atoms with Crippen molar-refractivity contribution in [1.29, 1.82) is 0 Å². The molecule has 0 saturated heterocycles. The van der Waals surface area contributed by atoms with Gasteiger partial charge in [-0.25, -0.2) is 13.1 Å². The van der Waals surface area contributed by atoms with Gasteiger partial charge in [0, 0.05) is 0 Å². The van der Waals surface area contributed by atoms with E-state index in [0.717, 1.165) is 5.56 Å². The molecule has 1 heterocycles. The number of nitrogens with zero attached hydrogens (tertiary/aromatic N) is 3. The number of tetrazole rings is 1. The van der Waals surface area contributed by atoms with Crippen molar-refractivity contribution < 1.29 is 13.5 Å². The van der Waals surface area contributed by atoms with E-state index in [0.29, 0.717) is 11.1 Å². The van der Waals surface area contributed by atoms with Crippen molar-refractivity contribution in [2.24, 2.45) is 0 Å². The van der Waals surface area contributed by atoms with Gasteiger partial charge < -0.3 is 5.11 Å². The van der Waals surface area contributed by atoms with E-state index in [2.05, 4.69) is 25.3 Å². The zero-order valence-electron chi connectivity index (χ0n) is 11.1. The average molecular weight is 297 g/mol. The van der Waals surface area contributed by atoms with E-state index in [-0.39, 0.29) is 23.9 Å². The minimum absolute atomic E-state index is 0.0549. The van der Waals surface area contributed by atoms with Crippen LogP contribution in [-0.2, 0) is 23.2 Å². The van der Waals surface area contributed by atoms with Crippen LogP contribution >= 0.6 is 0 Å². The van der Waals surface area contributed by atoms with Crippen LogP contribution in [0.3, 0.4) is 0 Å². The summed E-state index contributed by atoms with van der Waals surface area (Å²) >= 11 is 0. The standard InChI is InChI=1S/C11H15N5O3S/c1-7-3-9(6-17)4-10(8(7)2)20(18,19)12-5-11-13-15-16-14-11/h3-4,12,17H,5-6H2,1-2H3,(H,13,14,15,16). The molecule has 0 spiro atoms. The molecule has 2 aromatic rings. The second-order valence-electron chi connectivity index (χ2n) is 4.35. The SMILES string of the molecule is Cc1cc(CO)cc(S(=O)(=O)NCc2nn[nH]n2)c1C. The molecule has 8 nitrogen and oxygen atoms in total. The molecule has 0 atom stereocenters. The van der Waals surface area contributed by atoms with Crippen LogP contribution in [0.2, 0.25) is 0 Å². The smallest absolute Gasteiger partial charge is 0.241 e. The van der Waals surface area contributed by atoms with Gasteiger partial charge in [0.25, 0.3) is 0 Å². The molecular formula is C11H15N5O3S. The number of benzene rings is 1. The van der Waals surface area contributed by atoms with Gasteiger partial charge in [0.05, 0.1) is 18.0 Å². The summed E-state index contributed by atoms with van der Waals surface area (Å²) < 4.78 is 27.0. The number of aliphatic hydroxyl groups excluding tert-OH is 1. The van der Waals surface area contributed by atoms with E-state index >= 15 is 0 Å². The second kappa shape index (κ2) is 5.65. The van der Waals surface area contributed by atoms with Crippen LogP contribution in [-0.4, -0.2) is 34.1 Å². The summed E-state index contributed by atoms with van der Waals surface area (Å²) in [5, 5.41) is 22.1. The van der Waals surface area contributed by atoms with Crippen LogP contribution < -0.4 is 4.72 Å². The van der Waals surface area contributed by atoms with Gasteiger partial charge in [-0.05, 0) is 36.6 Å². The Morgan fingerprint density at radius 3 is 2.70 bits per heavy atom. The molecule has 0 aliphatic rings. The Morgan fingerprint density at radius 1 is 1.35 bits per heavy atom. The first-order valence-electron chi connectivity index (χ1n) is 5.87. The maximum Gasteiger partial charge on any atom is 0.241 e. The first kappa shape index (κ1) is 14.6. The molecule has 0 amide bonds.